The van der Waals surface area contributed by atoms with E-state index in [1.165, 1.54) is 21.8 Å². The predicted molar refractivity (Wildman–Crippen MR) is 68.6 cm³/mol. The van der Waals surface area contributed by atoms with Gasteiger partial charge in [0.2, 0.25) is 0 Å². The van der Waals surface area contributed by atoms with Gasteiger partial charge in [0.1, 0.15) is 0 Å². The number of hydrogen-bond donors (Lipinski definition) is 1. The Hall–Kier alpha value is -1.19. The molecule has 0 aliphatic heterocycles. The summed E-state index contributed by atoms with van der Waals surface area (Å²) in [6.45, 7) is 2.74. The van der Waals surface area contributed by atoms with Crippen molar-refractivity contribution >= 4 is 11.3 Å². The minimum atomic E-state index is 0.603. The lowest BCUT2D eigenvalue weighted by atomic mass is 10.1. The van der Waals surface area contributed by atoms with Crippen molar-refractivity contribution in [3.05, 3.63) is 51.5 Å². The summed E-state index contributed by atoms with van der Waals surface area (Å²) in [7, 11) is 0. The lowest BCUT2D eigenvalue weighted by Crippen LogP contribution is -1.97. The molecule has 2 nitrogen and oxygen atoms in total. The molecule has 3 heteroatoms. The number of aryl methyl sites for hydroxylation is 1. The van der Waals surface area contributed by atoms with E-state index in [0.717, 1.165) is 12.8 Å². The Kier molecular flexibility index (Phi) is 3.70. The zero-order valence-corrected chi connectivity index (χ0v) is 10.3. The number of hydrogen-bond acceptors (Lipinski definition) is 3. The molecule has 84 valence electrons. The maximum Gasteiger partial charge on any atom is 0.0972 e. The topological polar surface area (TPSA) is 38.9 Å². The smallest absolute Gasteiger partial charge is 0.0972 e. The van der Waals surface area contributed by atoms with Crippen LogP contribution in [-0.4, -0.2) is 4.98 Å². The van der Waals surface area contributed by atoms with Crippen LogP contribution in [0.3, 0.4) is 0 Å². The van der Waals surface area contributed by atoms with Crippen molar-refractivity contribution in [2.24, 2.45) is 5.73 Å². The van der Waals surface area contributed by atoms with Crippen LogP contribution >= 0.6 is 11.3 Å². The highest BCUT2D eigenvalue weighted by atomic mass is 32.1. The first-order valence-electron chi connectivity index (χ1n) is 5.53. The van der Waals surface area contributed by atoms with Crippen molar-refractivity contribution in [2.75, 3.05) is 0 Å². The van der Waals surface area contributed by atoms with E-state index < -0.39 is 0 Å². The fourth-order valence-electron chi connectivity index (χ4n) is 1.63. The summed E-state index contributed by atoms with van der Waals surface area (Å²) in [5.74, 6) is 0. The molecule has 0 spiro atoms. The van der Waals surface area contributed by atoms with Gasteiger partial charge in [-0.25, -0.2) is 4.98 Å². The number of aromatic nitrogens is 1. The van der Waals surface area contributed by atoms with Crippen LogP contribution in [0.4, 0.5) is 0 Å². The predicted octanol–water partition coefficient (Wildman–Crippen LogP) is 2.75. The SMILES string of the molecule is CCc1csc(Cc2cccc(CN)c2)n1. The lowest BCUT2D eigenvalue weighted by molar-refractivity contribution is 1.01. The van der Waals surface area contributed by atoms with Gasteiger partial charge in [-0.2, -0.15) is 0 Å². The van der Waals surface area contributed by atoms with E-state index in [1.807, 2.05) is 0 Å². The maximum absolute atomic E-state index is 5.62. The molecular formula is C13H16N2S. The Balaban J connectivity index is 2.13. The standard InChI is InChI=1S/C13H16N2S/c1-2-12-9-16-13(15-12)7-10-4-3-5-11(6-10)8-14/h3-6,9H,2,7-8,14H2,1H3. The molecular weight excluding hydrogens is 216 g/mol. The van der Waals surface area contributed by atoms with E-state index in [-0.39, 0.29) is 0 Å². The average molecular weight is 232 g/mol. The first-order chi connectivity index (χ1) is 7.81. The number of nitrogens with two attached hydrogens (primary N) is 1. The molecule has 0 saturated carbocycles. The molecule has 0 saturated heterocycles. The number of benzene rings is 1. The molecule has 0 aliphatic rings. The fraction of sp³-hybridized carbons (Fsp3) is 0.308. The van der Waals surface area contributed by atoms with Gasteiger partial charge in [0.15, 0.2) is 0 Å². The molecule has 2 rings (SSSR count). The molecule has 0 unspecified atom stereocenters. The molecule has 1 heterocycles. The second-order valence-electron chi connectivity index (χ2n) is 3.79. The molecule has 0 fully saturated rings. The summed E-state index contributed by atoms with van der Waals surface area (Å²) in [5, 5.41) is 3.33. The van der Waals surface area contributed by atoms with E-state index in [4.69, 9.17) is 5.73 Å². The Morgan fingerprint density at radius 1 is 1.31 bits per heavy atom. The second kappa shape index (κ2) is 5.23. The monoisotopic (exact) mass is 232 g/mol. The van der Waals surface area contributed by atoms with Crippen LogP contribution in [0.2, 0.25) is 0 Å². The van der Waals surface area contributed by atoms with E-state index >= 15 is 0 Å². The quantitative estimate of drug-likeness (QED) is 0.880. The Labute approximate surface area is 100 Å². The highest BCUT2D eigenvalue weighted by molar-refractivity contribution is 7.09. The molecule has 0 atom stereocenters. The van der Waals surface area contributed by atoms with Gasteiger partial charge >= 0.3 is 0 Å². The molecule has 0 aliphatic carbocycles. The number of thiazole rings is 1. The van der Waals surface area contributed by atoms with Crippen molar-refractivity contribution in [1.29, 1.82) is 0 Å². The van der Waals surface area contributed by atoms with Crippen LogP contribution in [0.5, 0.6) is 0 Å². The Morgan fingerprint density at radius 3 is 2.81 bits per heavy atom. The van der Waals surface area contributed by atoms with Crippen LogP contribution in [0.1, 0.15) is 28.8 Å². The van der Waals surface area contributed by atoms with Crippen molar-refractivity contribution in [3.63, 3.8) is 0 Å². The van der Waals surface area contributed by atoms with Crippen molar-refractivity contribution in [3.8, 4) is 0 Å². The molecule has 16 heavy (non-hydrogen) atoms. The largest absolute Gasteiger partial charge is 0.326 e. The van der Waals surface area contributed by atoms with Crippen molar-refractivity contribution in [2.45, 2.75) is 26.3 Å². The van der Waals surface area contributed by atoms with Gasteiger partial charge in [-0.15, -0.1) is 11.3 Å². The van der Waals surface area contributed by atoms with Gasteiger partial charge in [-0.05, 0) is 17.5 Å². The zero-order chi connectivity index (χ0) is 11.4. The third kappa shape index (κ3) is 2.68. The van der Waals surface area contributed by atoms with Gasteiger partial charge in [-0.1, -0.05) is 31.2 Å². The third-order valence-corrected chi connectivity index (χ3v) is 3.44. The normalized spacial score (nSPS) is 10.6. The van der Waals surface area contributed by atoms with Crippen LogP contribution in [-0.2, 0) is 19.4 Å². The van der Waals surface area contributed by atoms with Crippen molar-refractivity contribution < 1.29 is 0 Å². The zero-order valence-electron chi connectivity index (χ0n) is 9.44. The highest BCUT2D eigenvalue weighted by Crippen LogP contribution is 2.16. The first kappa shape index (κ1) is 11.3. The van der Waals surface area contributed by atoms with E-state index in [0.29, 0.717) is 6.54 Å². The first-order valence-corrected chi connectivity index (χ1v) is 6.41. The average Bonchev–Trinajstić information content (AvgIpc) is 2.77. The van der Waals surface area contributed by atoms with Crippen LogP contribution in [0, 0.1) is 0 Å². The molecule has 1 aromatic carbocycles. The maximum atomic E-state index is 5.62. The van der Waals surface area contributed by atoms with E-state index in [9.17, 15) is 0 Å². The molecule has 0 amide bonds. The van der Waals surface area contributed by atoms with Gasteiger partial charge in [-0.3, -0.25) is 0 Å². The van der Waals surface area contributed by atoms with E-state index in [2.05, 4.69) is 41.6 Å². The summed E-state index contributed by atoms with van der Waals surface area (Å²) < 4.78 is 0. The van der Waals surface area contributed by atoms with Gasteiger partial charge in [0, 0.05) is 18.3 Å². The summed E-state index contributed by atoms with van der Waals surface area (Å²) in [5.41, 5.74) is 9.29. The number of nitrogens with zero attached hydrogens (tertiary/aromatic N) is 1. The second-order valence-corrected chi connectivity index (χ2v) is 4.73. The summed E-state index contributed by atoms with van der Waals surface area (Å²) in [6, 6.07) is 8.41. The highest BCUT2D eigenvalue weighted by Gasteiger charge is 2.02. The van der Waals surface area contributed by atoms with Crippen LogP contribution in [0.15, 0.2) is 29.6 Å². The molecule has 2 aromatic rings. The summed E-state index contributed by atoms with van der Waals surface area (Å²) in [6.07, 6.45) is 1.93. The minimum absolute atomic E-state index is 0.603. The number of rotatable bonds is 4. The fourth-order valence-corrected chi connectivity index (χ4v) is 2.55. The Morgan fingerprint density at radius 2 is 2.12 bits per heavy atom. The molecule has 2 N–H and O–H groups in total. The lowest BCUT2D eigenvalue weighted by Gasteiger charge is -2.01. The van der Waals surface area contributed by atoms with Crippen molar-refractivity contribution in [1.82, 2.24) is 4.98 Å². The molecule has 0 radical (unpaired) electrons. The van der Waals surface area contributed by atoms with Gasteiger partial charge in [0.25, 0.3) is 0 Å². The van der Waals surface area contributed by atoms with E-state index in [1.54, 1.807) is 11.3 Å². The van der Waals surface area contributed by atoms with Gasteiger partial charge in [0.05, 0.1) is 10.7 Å². The van der Waals surface area contributed by atoms with Crippen LogP contribution < -0.4 is 5.73 Å². The molecule has 0 bridgehead atoms. The summed E-state index contributed by atoms with van der Waals surface area (Å²) >= 11 is 1.74. The third-order valence-electron chi connectivity index (χ3n) is 2.54. The summed E-state index contributed by atoms with van der Waals surface area (Å²) in [4.78, 5) is 4.57. The molecule has 1 aromatic heterocycles. The minimum Gasteiger partial charge on any atom is -0.326 e. The van der Waals surface area contributed by atoms with Crippen LogP contribution in [0.25, 0.3) is 0 Å². The van der Waals surface area contributed by atoms with Gasteiger partial charge < -0.3 is 5.73 Å². The Bertz CT molecular complexity index is 462.